The Morgan fingerprint density at radius 3 is 2.56 bits per heavy atom. The van der Waals surface area contributed by atoms with E-state index in [2.05, 4.69) is 4.72 Å². The number of nitrogens with one attached hydrogen (secondary N) is 1. The number of sulfonamides is 1. The summed E-state index contributed by atoms with van der Waals surface area (Å²) >= 11 is 7.03. The lowest BCUT2D eigenvalue weighted by atomic mass is 10.2. The maximum absolute atomic E-state index is 12.2. The lowest BCUT2D eigenvalue weighted by Crippen LogP contribution is -2.24. The Kier molecular flexibility index (Phi) is 5.39. The van der Waals surface area contributed by atoms with E-state index in [1.807, 2.05) is 0 Å². The molecular formula is C17H14ClNO4S2. The minimum absolute atomic E-state index is 0.131. The molecule has 0 fully saturated rings. The van der Waals surface area contributed by atoms with E-state index in [9.17, 15) is 13.2 Å². The van der Waals surface area contributed by atoms with E-state index in [0.29, 0.717) is 15.5 Å². The summed E-state index contributed by atoms with van der Waals surface area (Å²) in [5.41, 5.74) is 0.650. The van der Waals surface area contributed by atoms with Crippen LogP contribution < -0.4 is 4.72 Å². The van der Waals surface area contributed by atoms with Gasteiger partial charge in [0.05, 0.1) is 16.9 Å². The van der Waals surface area contributed by atoms with Crippen LogP contribution in [0.1, 0.15) is 25.9 Å². The molecule has 0 aliphatic carbocycles. The Bertz CT molecular complexity index is 961. The molecule has 3 rings (SSSR count). The molecule has 0 bridgehead atoms. The molecule has 0 amide bonds. The fraction of sp³-hybridized carbons (Fsp3) is 0.118. The minimum Gasteiger partial charge on any atom is -0.461 e. The van der Waals surface area contributed by atoms with Crippen LogP contribution in [-0.2, 0) is 22.3 Å². The van der Waals surface area contributed by atoms with Crippen LogP contribution in [-0.4, -0.2) is 14.2 Å². The zero-order valence-corrected chi connectivity index (χ0v) is 15.3. The molecule has 0 saturated carbocycles. The molecule has 0 spiro atoms. The molecule has 25 heavy (non-hydrogen) atoms. The van der Waals surface area contributed by atoms with Gasteiger partial charge in [-0.2, -0.15) is 0 Å². The zero-order valence-electron chi connectivity index (χ0n) is 12.9. The van der Waals surface area contributed by atoms with E-state index < -0.39 is 10.0 Å². The van der Waals surface area contributed by atoms with Crippen molar-refractivity contribution in [2.24, 2.45) is 0 Å². The summed E-state index contributed by atoms with van der Waals surface area (Å²) < 4.78 is 32.0. The molecule has 2 aromatic heterocycles. The van der Waals surface area contributed by atoms with Crippen molar-refractivity contribution in [2.45, 2.75) is 12.3 Å². The van der Waals surface area contributed by atoms with Crippen LogP contribution in [0.3, 0.4) is 0 Å². The van der Waals surface area contributed by atoms with Gasteiger partial charge in [0, 0.05) is 16.4 Å². The summed E-state index contributed by atoms with van der Waals surface area (Å²) in [6.07, 6.45) is 1.44. The second-order valence-electron chi connectivity index (χ2n) is 5.28. The van der Waals surface area contributed by atoms with Crippen molar-refractivity contribution in [3.8, 4) is 0 Å². The van der Waals surface area contributed by atoms with E-state index in [1.165, 1.54) is 17.6 Å². The molecule has 0 atom stereocenters. The Hall–Kier alpha value is -1.93. The highest BCUT2D eigenvalue weighted by Crippen LogP contribution is 2.21. The fourth-order valence-electron chi connectivity index (χ4n) is 2.16. The van der Waals surface area contributed by atoms with E-state index in [1.54, 1.807) is 48.5 Å². The number of rotatable bonds is 7. The Balaban J connectivity index is 1.61. The first kappa shape index (κ1) is 17.9. The number of hydrogen-bond acceptors (Lipinski definition) is 5. The van der Waals surface area contributed by atoms with Crippen LogP contribution in [0.15, 0.2) is 59.2 Å². The Morgan fingerprint density at radius 1 is 1.12 bits per heavy atom. The molecule has 0 unspecified atom stereocenters. The zero-order chi connectivity index (χ0) is 17.9. The van der Waals surface area contributed by atoms with E-state index >= 15 is 0 Å². The molecule has 2 heterocycles. The highest BCUT2D eigenvalue weighted by atomic mass is 35.5. The number of halogens is 1. The molecule has 0 aliphatic rings. The van der Waals surface area contributed by atoms with E-state index in [0.717, 1.165) is 4.88 Å². The molecular weight excluding hydrogens is 382 g/mol. The summed E-state index contributed by atoms with van der Waals surface area (Å²) in [5, 5.41) is 0.557. The third kappa shape index (κ3) is 4.79. The van der Waals surface area contributed by atoms with Gasteiger partial charge in [-0.05, 0) is 42.0 Å². The van der Waals surface area contributed by atoms with E-state index in [4.69, 9.17) is 16.0 Å². The number of furan rings is 1. The summed E-state index contributed by atoms with van der Waals surface area (Å²) in [6, 6.07) is 13.3. The lowest BCUT2D eigenvalue weighted by Gasteiger charge is -2.06. The third-order valence-corrected chi connectivity index (χ3v) is 6.00. The smallest absolute Gasteiger partial charge is 0.238 e. The second kappa shape index (κ2) is 7.53. The van der Waals surface area contributed by atoms with Crippen LogP contribution in [0, 0.1) is 0 Å². The Morgan fingerprint density at radius 2 is 1.88 bits per heavy atom. The predicted octanol–water partition coefficient (Wildman–Crippen LogP) is 3.85. The maximum atomic E-state index is 12.2. The maximum Gasteiger partial charge on any atom is 0.238 e. The lowest BCUT2D eigenvalue weighted by molar-refractivity contribution is 0.101. The van der Waals surface area contributed by atoms with Crippen LogP contribution in [0.2, 0.25) is 5.02 Å². The average molecular weight is 396 g/mol. The van der Waals surface area contributed by atoms with Crippen molar-refractivity contribution in [1.29, 1.82) is 0 Å². The monoisotopic (exact) mass is 395 g/mol. The number of hydrogen-bond donors (Lipinski definition) is 1. The second-order valence-corrected chi connectivity index (χ2v) is 8.69. The quantitative estimate of drug-likeness (QED) is 0.616. The van der Waals surface area contributed by atoms with Crippen molar-refractivity contribution >= 4 is 38.7 Å². The van der Waals surface area contributed by atoms with Crippen molar-refractivity contribution in [2.75, 3.05) is 0 Å². The third-order valence-electron chi connectivity index (χ3n) is 3.37. The molecule has 5 nitrogen and oxygen atoms in total. The normalized spacial score (nSPS) is 11.6. The van der Waals surface area contributed by atoms with Crippen molar-refractivity contribution in [3.63, 3.8) is 0 Å². The van der Waals surface area contributed by atoms with Crippen LogP contribution in [0.4, 0.5) is 0 Å². The molecule has 8 heteroatoms. The molecule has 1 aromatic carbocycles. The number of thiophene rings is 1. The first-order valence-corrected chi connectivity index (χ1v) is 10.2. The van der Waals surface area contributed by atoms with Gasteiger partial charge in [0.1, 0.15) is 0 Å². The van der Waals surface area contributed by atoms with Gasteiger partial charge in [0.25, 0.3) is 0 Å². The molecule has 0 aliphatic heterocycles. The Labute approximate surface area is 154 Å². The summed E-state index contributed by atoms with van der Waals surface area (Å²) in [7, 11) is -3.49. The van der Waals surface area contributed by atoms with Gasteiger partial charge >= 0.3 is 0 Å². The number of benzene rings is 1. The van der Waals surface area contributed by atoms with Crippen LogP contribution in [0.5, 0.6) is 0 Å². The van der Waals surface area contributed by atoms with Gasteiger partial charge in [0.15, 0.2) is 5.76 Å². The highest BCUT2D eigenvalue weighted by Gasteiger charge is 2.16. The minimum atomic E-state index is -3.49. The van der Waals surface area contributed by atoms with Gasteiger partial charge in [-0.3, -0.25) is 4.79 Å². The highest BCUT2D eigenvalue weighted by molar-refractivity contribution is 7.88. The summed E-state index contributed by atoms with van der Waals surface area (Å²) in [4.78, 5) is 13.4. The van der Waals surface area contributed by atoms with Gasteiger partial charge in [-0.15, -0.1) is 11.3 Å². The predicted molar refractivity (Wildman–Crippen MR) is 97.4 cm³/mol. The van der Waals surface area contributed by atoms with Gasteiger partial charge in [0.2, 0.25) is 15.8 Å². The van der Waals surface area contributed by atoms with Crippen LogP contribution >= 0.6 is 22.9 Å². The van der Waals surface area contributed by atoms with Crippen LogP contribution in [0.25, 0.3) is 0 Å². The molecule has 1 N–H and O–H groups in total. The van der Waals surface area contributed by atoms with Gasteiger partial charge in [-0.1, -0.05) is 23.7 Å². The van der Waals surface area contributed by atoms with Gasteiger partial charge < -0.3 is 4.42 Å². The fourth-order valence-corrected chi connectivity index (χ4v) is 4.37. The SMILES string of the molecule is O=C(c1ccco1)c1ccc(CNS(=O)(=O)Cc2ccc(Cl)cc2)s1. The first-order valence-electron chi connectivity index (χ1n) is 7.32. The van der Waals surface area contributed by atoms with Crippen molar-refractivity contribution in [3.05, 3.63) is 80.9 Å². The molecule has 3 aromatic rings. The molecule has 0 saturated heterocycles. The molecule has 0 radical (unpaired) electrons. The number of ketones is 1. The van der Waals surface area contributed by atoms with Crippen molar-refractivity contribution in [1.82, 2.24) is 4.72 Å². The average Bonchev–Trinajstić information content (AvgIpc) is 3.26. The summed E-state index contributed by atoms with van der Waals surface area (Å²) in [6.45, 7) is 0.131. The topological polar surface area (TPSA) is 76.4 Å². The largest absolute Gasteiger partial charge is 0.461 e. The van der Waals surface area contributed by atoms with Gasteiger partial charge in [-0.25, -0.2) is 13.1 Å². The van der Waals surface area contributed by atoms with E-state index in [-0.39, 0.29) is 23.8 Å². The summed E-state index contributed by atoms with van der Waals surface area (Å²) in [5.74, 6) is -0.0877. The standard InChI is InChI=1S/C17H14ClNO4S2/c18-13-5-3-12(4-6-13)11-25(21,22)19-10-14-7-8-16(24-14)17(20)15-2-1-9-23-15/h1-9,19H,10-11H2. The van der Waals surface area contributed by atoms with Crippen molar-refractivity contribution < 1.29 is 17.6 Å². The first-order chi connectivity index (χ1) is 11.9. The molecule has 130 valence electrons. The number of carbonyl (C=O) groups is 1. The number of carbonyl (C=O) groups excluding carboxylic acids is 1.